The van der Waals surface area contributed by atoms with Gasteiger partial charge in [0.1, 0.15) is 17.6 Å². The predicted molar refractivity (Wildman–Crippen MR) is 89.1 cm³/mol. The van der Waals surface area contributed by atoms with Gasteiger partial charge in [-0.2, -0.15) is 0 Å². The zero-order valence-corrected chi connectivity index (χ0v) is 14.0. The molecule has 118 valence electrons. The Morgan fingerprint density at radius 3 is 2.05 bits per heavy atom. The van der Waals surface area contributed by atoms with Crippen molar-refractivity contribution >= 4 is 17.4 Å². The van der Waals surface area contributed by atoms with Crippen molar-refractivity contribution in [3.8, 4) is 11.5 Å². The van der Waals surface area contributed by atoms with Crippen molar-refractivity contribution in [3.63, 3.8) is 0 Å². The molecule has 0 radical (unpaired) electrons. The lowest BCUT2D eigenvalue weighted by Crippen LogP contribution is -2.33. The normalized spacial score (nSPS) is 13.1. The molecule has 0 fully saturated rings. The smallest absolute Gasteiger partial charge is 0.256 e. The molecule has 0 amide bonds. The van der Waals surface area contributed by atoms with Crippen LogP contribution in [0.5, 0.6) is 11.5 Å². The van der Waals surface area contributed by atoms with Gasteiger partial charge in [-0.3, -0.25) is 0 Å². The van der Waals surface area contributed by atoms with E-state index < -0.39 is 0 Å². The molecule has 0 saturated carbocycles. The quantitative estimate of drug-likeness (QED) is 0.744. The summed E-state index contributed by atoms with van der Waals surface area (Å²) in [6, 6.07) is 7.67. The van der Waals surface area contributed by atoms with E-state index in [1.807, 2.05) is 38.1 Å². The summed E-state index contributed by atoms with van der Waals surface area (Å²) in [5.74, 6) is 1.67. The van der Waals surface area contributed by atoms with Crippen molar-refractivity contribution < 1.29 is 14.2 Å². The second kappa shape index (κ2) is 9.45. The number of ether oxygens (including phenoxy) is 3. The highest BCUT2D eigenvalue weighted by Gasteiger charge is 2.06. The zero-order valence-electron chi connectivity index (χ0n) is 13.2. The highest BCUT2D eigenvalue weighted by atomic mass is 32.1. The summed E-state index contributed by atoms with van der Waals surface area (Å²) < 4.78 is 16.7. The fourth-order valence-corrected chi connectivity index (χ4v) is 1.80. The molecule has 21 heavy (non-hydrogen) atoms. The summed E-state index contributed by atoms with van der Waals surface area (Å²) in [5, 5.41) is 3.42. The summed E-state index contributed by atoms with van der Waals surface area (Å²) in [7, 11) is 0. The monoisotopic (exact) mass is 311 g/mol. The molecule has 1 rings (SSSR count). The van der Waals surface area contributed by atoms with E-state index >= 15 is 0 Å². The summed E-state index contributed by atoms with van der Waals surface area (Å²) >= 11 is 5.00. The van der Waals surface area contributed by atoms with Crippen LogP contribution in [-0.4, -0.2) is 30.5 Å². The molecule has 1 N–H and O–H groups in total. The molecule has 0 aliphatic rings. The van der Waals surface area contributed by atoms with Crippen molar-refractivity contribution in [3.05, 3.63) is 24.3 Å². The van der Waals surface area contributed by atoms with E-state index in [2.05, 4.69) is 19.2 Å². The highest BCUT2D eigenvalue weighted by molar-refractivity contribution is 7.80. The highest BCUT2D eigenvalue weighted by Crippen LogP contribution is 2.20. The van der Waals surface area contributed by atoms with E-state index in [0.29, 0.717) is 18.3 Å². The summed E-state index contributed by atoms with van der Waals surface area (Å²) in [5.41, 5.74) is 0. The van der Waals surface area contributed by atoms with Gasteiger partial charge in [0.15, 0.2) is 0 Å². The number of benzene rings is 1. The predicted octanol–water partition coefficient (Wildman–Crippen LogP) is 3.54. The number of nitrogens with one attached hydrogen (secondary N) is 1. The van der Waals surface area contributed by atoms with Gasteiger partial charge in [0.2, 0.25) is 0 Å². The van der Waals surface area contributed by atoms with Gasteiger partial charge >= 0.3 is 0 Å². The lowest BCUT2D eigenvalue weighted by molar-refractivity contribution is 0.211. The Bertz CT molecular complexity index is 422. The Balaban J connectivity index is 2.39. The molecular formula is C16H25NO3S. The molecule has 2 unspecified atom stereocenters. The fraction of sp³-hybridized carbons (Fsp3) is 0.562. The minimum absolute atomic E-state index is 0.00950. The third kappa shape index (κ3) is 7.18. The second-order valence-electron chi connectivity index (χ2n) is 4.84. The molecule has 0 aromatic heterocycles. The van der Waals surface area contributed by atoms with Crippen molar-refractivity contribution in [2.45, 2.75) is 46.3 Å². The minimum atomic E-state index is -0.00950. The van der Waals surface area contributed by atoms with Crippen LogP contribution in [0.25, 0.3) is 0 Å². The lowest BCUT2D eigenvalue weighted by Gasteiger charge is -2.17. The molecule has 0 aliphatic carbocycles. The lowest BCUT2D eigenvalue weighted by atomic mass is 10.3. The molecule has 0 saturated heterocycles. The first-order chi connectivity index (χ1) is 10.0. The van der Waals surface area contributed by atoms with Crippen molar-refractivity contribution in [2.24, 2.45) is 0 Å². The maximum Gasteiger partial charge on any atom is 0.256 e. The van der Waals surface area contributed by atoms with Gasteiger partial charge in [-0.15, -0.1) is 0 Å². The topological polar surface area (TPSA) is 39.7 Å². The van der Waals surface area contributed by atoms with Gasteiger partial charge < -0.3 is 19.5 Å². The van der Waals surface area contributed by atoms with Gasteiger partial charge in [-0.05, 0) is 63.7 Å². The standard InChI is InChI=1S/C16H25NO3S/c1-5-12(3)19-14-7-9-15(10-8-14)20-13(4)11-17-16(21)18-6-2/h7-10,12-13H,5-6,11H2,1-4H3,(H,17,21). The second-order valence-corrected chi connectivity index (χ2v) is 5.21. The van der Waals surface area contributed by atoms with Crippen LogP contribution in [-0.2, 0) is 4.74 Å². The molecule has 1 aromatic carbocycles. The molecule has 5 heteroatoms. The number of rotatable bonds is 8. The van der Waals surface area contributed by atoms with E-state index in [0.717, 1.165) is 17.9 Å². The Hall–Kier alpha value is -1.49. The third-order valence-electron chi connectivity index (χ3n) is 2.88. The Morgan fingerprint density at radius 2 is 1.57 bits per heavy atom. The van der Waals surface area contributed by atoms with Gasteiger partial charge in [0.25, 0.3) is 5.17 Å². The van der Waals surface area contributed by atoms with Gasteiger partial charge in [-0.1, -0.05) is 6.92 Å². The number of thiocarbonyl (C=S) groups is 1. The average Bonchev–Trinajstić information content (AvgIpc) is 2.47. The molecular weight excluding hydrogens is 286 g/mol. The number of hydrogen-bond acceptors (Lipinski definition) is 4. The summed E-state index contributed by atoms with van der Waals surface area (Å²) in [4.78, 5) is 0. The van der Waals surface area contributed by atoms with Crippen molar-refractivity contribution in [1.82, 2.24) is 5.32 Å². The van der Waals surface area contributed by atoms with Crippen LogP contribution in [0.2, 0.25) is 0 Å². The first-order valence-corrected chi connectivity index (χ1v) is 7.80. The molecule has 0 heterocycles. The molecule has 4 nitrogen and oxygen atoms in total. The van der Waals surface area contributed by atoms with E-state index in [9.17, 15) is 0 Å². The summed E-state index contributed by atoms with van der Waals surface area (Å²) in [6.45, 7) is 9.20. The Kier molecular flexibility index (Phi) is 7.90. The third-order valence-corrected chi connectivity index (χ3v) is 3.14. The van der Waals surface area contributed by atoms with Crippen LogP contribution in [0.4, 0.5) is 0 Å². The van der Waals surface area contributed by atoms with Gasteiger partial charge in [0, 0.05) is 0 Å². The maximum atomic E-state index is 5.80. The Labute approximate surface area is 132 Å². The van der Waals surface area contributed by atoms with Crippen LogP contribution in [0.15, 0.2) is 24.3 Å². The average molecular weight is 311 g/mol. The molecule has 2 atom stereocenters. The van der Waals surface area contributed by atoms with Gasteiger partial charge in [-0.25, -0.2) is 0 Å². The minimum Gasteiger partial charge on any atom is -0.491 e. The van der Waals surface area contributed by atoms with E-state index in [-0.39, 0.29) is 12.2 Å². The van der Waals surface area contributed by atoms with Crippen LogP contribution < -0.4 is 14.8 Å². The Morgan fingerprint density at radius 1 is 1.05 bits per heavy atom. The van der Waals surface area contributed by atoms with E-state index in [1.165, 1.54) is 0 Å². The van der Waals surface area contributed by atoms with Crippen molar-refractivity contribution in [2.75, 3.05) is 13.2 Å². The fourth-order valence-electron chi connectivity index (χ4n) is 1.60. The van der Waals surface area contributed by atoms with E-state index in [1.54, 1.807) is 0 Å². The van der Waals surface area contributed by atoms with Crippen LogP contribution in [0.3, 0.4) is 0 Å². The van der Waals surface area contributed by atoms with Gasteiger partial charge in [0.05, 0.1) is 19.3 Å². The first kappa shape index (κ1) is 17.6. The maximum absolute atomic E-state index is 5.80. The van der Waals surface area contributed by atoms with Crippen LogP contribution >= 0.6 is 12.2 Å². The molecule has 0 aliphatic heterocycles. The summed E-state index contributed by atoms with van der Waals surface area (Å²) in [6.07, 6.45) is 1.20. The SMILES string of the molecule is CCOC(=S)NCC(C)Oc1ccc(OC(C)CC)cc1. The zero-order chi connectivity index (χ0) is 15.7. The molecule has 0 spiro atoms. The first-order valence-electron chi connectivity index (χ1n) is 7.39. The largest absolute Gasteiger partial charge is 0.491 e. The van der Waals surface area contributed by atoms with Crippen molar-refractivity contribution in [1.29, 1.82) is 0 Å². The van der Waals surface area contributed by atoms with E-state index in [4.69, 9.17) is 26.4 Å². The molecule has 0 bridgehead atoms. The molecule has 1 aromatic rings. The van der Waals surface area contributed by atoms with Crippen LogP contribution in [0, 0.1) is 0 Å². The number of hydrogen-bond donors (Lipinski definition) is 1. The van der Waals surface area contributed by atoms with Crippen LogP contribution in [0.1, 0.15) is 34.1 Å².